The van der Waals surface area contributed by atoms with Gasteiger partial charge in [0.2, 0.25) is 0 Å². The fourth-order valence-corrected chi connectivity index (χ4v) is 1.72. The van der Waals surface area contributed by atoms with Crippen LogP contribution in [0, 0.1) is 0 Å². The fourth-order valence-electron chi connectivity index (χ4n) is 1.72. The van der Waals surface area contributed by atoms with Crippen molar-refractivity contribution >= 4 is 5.97 Å². The second kappa shape index (κ2) is 4.52. The first-order chi connectivity index (χ1) is 8.91. The Bertz CT molecular complexity index is 741. The first kappa shape index (κ1) is 12.7. The zero-order valence-corrected chi connectivity index (χ0v) is 10.2. The van der Waals surface area contributed by atoms with Crippen molar-refractivity contribution in [3.63, 3.8) is 0 Å². The molecule has 9 heteroatoms. The van der Waals surface area contributed by atoms with E-state index in [9.17, 15) is 14.4 Å². The largest absolute Gasteiger partial charge is 0.477 e. The van der Waals surface area contributed by atoms with Crippen molar-refractivity contribution in [3.8, 4) is 0 Å². The van der Waals surface area contributed by atoms with Gasteiger partial charge in [0.25, 0.3) is 5.56 Å². The van der Waals surface area contributed by atoms with E-state index in [1.54, 1.807) is 18.5 Å². The third-order valence-electron chi connectivity index (χ3n) is 2.74. The van der Waals surface area contributed by atoms with E-state index in [0.29, 0.717) is 5.82 Å². The zero-order chi connectivity index (χ0) is 14.2. The normalized spacial score (nSPS) is 12.3. The smallest absolute Gasteiger partial charge is 0.342 e. The minimum absolute atomic E-state index is 0.463. The van der Waals surface area contributed by atoms with Gasteiger partial charge in [0, 0.05) is 13.2 Å². The number of aromatic nitrogens is 5. The molecule has 0 amide bonds. The molecule has 0 saturated carbocycles. The highest BCUT2D eigenvalue weighted by molar-refractivity contribution is 5.86. The molecule has 2 aromatic heterocycles. The molecule has 100 valence electrons. The number of carbonyl (C=O) groups is 1. The van der Waals surface area contributed by atoms with Crippen molar-refractivity contribution in [2.24, 2.45) is 7.05 Å². The lowest BCUT2D eigenvalue weighted by atomic mass is 10.3. The minimum atomic E-state index is -1.40. The molecule has 0 radical (unpaired) electrons. The Morgan fingerprint density at radius 1 is 1.47 bits per heavy atom. The van der Waals surface area contributed by atoms with Gasteiger partial charge in [-0.25, -0.2) is 9.59 Å². The maximum atomic E-state index is 11.7. The summed E-state index contributed by atoms with van der Waals surface area (Å²) in [4.78, 5) is 35.9. The second-order valence-corrected chi connectivity index (χ2v) is 3.99. The molecule has 0 spiro atoms. The van der Waals surface area contributed by atoms with Crippen molar-refractivity contribution in [2.45, 2.75) is 13.0 Å². The number of hydrogen-bond donors (Lipinski definition) is 2. The van der Waals surface area contributed by atoms with Crippen molar-refractivity contribution in [3.05, 3.63) is 44.8 Å². The summed E-state index contributed by atoms with van der Waals surface area (Å²) in [7, 11) is 1.70. The number of nitrogens with one attached hydrogen (secondary N) is 1. The molecule has 2 heterocycles. The Labute approximate surface area is 106 Å². The monoisotopic (exact) mass is 265 g/mol. The van der Waals surface area contributed by atoms with Gasteiger partial charge in [0.05, 0.1) is 6.04 Å². The Kier molecular flexibility index (Phi) is 3.03. The Balaban J connectivity index is 2.60. The lowest BCUT2D eigenvalue weighted by Crippen LogP contribution is -2.35. The van der Waals surface area contributed by atoms with Gasteiger partial charge >= 0.3 is 11.7 Å². The van der Waals surface area contributed by atoms with Gasteiger partial charge in [0.15, 0.2) is 5.82 Å². The predicted octanol–water partition coefficient (Wildman–Crippen LogP) is -1.03. The summed E-state index contributed by atoms with van der Waals surface area (Å²) >= 11 is 0. The van der Waals surface area contributed by atoms with Gasteiger partial charge in [-0.1, -0.05) is 0 Å². The molecule has 0 aliphatic heterocycles. The van der Waals surface area contributed by atoms with Gasteiger partial charge in [-0.3, -0.25) is 14.3 Å². The van der Waals surface area contributed by atoms with E-state index in [1.165, 1.54) is 6.33 Å². The van der Waals surface area contributed by atoms with Crippen molar-refractivity contribution < 1.29 is 9.90 Å². The third-order valence-corrected chi connectivity index (χ3v) is 2.74. The number of aryl methyl sites for hydroxylation is 1. The van der Waals surface area contributed by atoms with Crippen LogP contribution in [0.2, 0.25) is 0 Å². The van der Waals surface area contributed by atoms with Crippen LogP contribution in [0.3, 0.4) is 0 Å². The molecule has 9 nitrogen and oxygen atoms in total. The molecular formula is C10H11N5O4. The zero-order valence-electron chi connectivity index (χ0n) is 10.2. The van der Waals surface area contributed by atoms with Gasteiger partial charge in [-0.15, -0.1) is 10.2 Å². The molecule has 1 atom stereocenters. The summed E-state index contributed by atoms with van der Waals surface area (Å²) in [6.45, 7) is 1.65. The number of rotatable bonds is 3. The number of hydrogen-bond acceptors (Lipinski definition) is 5. The molecule has 2 aromatic rings. The van der Waals surface area contributed by atoms with Crippen LogP contribution in [0.5, 0.6) is 0 Å². The molecule has 0 fully saturated rings. The Morgan fingerprint density at radius 3 is 2.68 bits per heavy atom. The first-order valence-electron chi connectivity index (χ1n) is 5.34. The SMILES string of the molecule is CC(c1nncn1C)n1cc(C(=O)O)c(=O)[nH]c1=O. The quantitative estimate of drug-likeness (QED) is 0.731. The summed E-state index contributed by atoms with van der Waals surface area (Å²) in [5.41, 5.74) is -2.14. The van der Waals surface area contributed by atoms with Crippen LogP contribution in [-0.2, 0) is 7.05 Å². The van der Waals surface area contributed by atoms with Crippen LogP contribution in [0.25, 0.3) is 0 Å². The van der Waals surface area contributed by atoms with Gasteiger partial charge in [-0.2, -0.15) is 0 Å². The average Bonchev–Trinajstić information content (AvgIpc) is 2.74. The molecule has 19 heavy (non-hydrogen) atoms. The molecular weight excluding hydrogens is 254 g/mol. The molecule has 0 aromatic carbocycles. The highest BCUT2D eigenvalue weighted by Gasteiger charge is 2.18. The molecule has 0 bridgehead atoms. The minimum Gasteiger partial charge on any atom is -0.477 e. The number of aromatic carboxylic acids is 1. The van der Waals surface area contributed by atoms with Gasteiger partial charge in [0.1, 0.15) is 11.9 Å². The van der Waals surface area contributed by atoms with E-state index in [4.69, 9.17) is 5.11 Å². The number of aromatic amines is 1. The van der Waals surface area contributed by atoms with Crippen molar-refractivity contribution in [1.29, 1.82) is 0 Å². The first-order valence-corrected chi connectivity index (χ1v) is 5.34. The van der Waals surface area contributed by atoms with Crippen molar-refractivity contribution in [1.82, 2.24) is 24.3 Å². The molecule has 2 N–H and O–H groups in total. The van der Waals surface area contributed by atoms with Gasteiger partial charge < -0.3 is 9.67 Å². The summed E-state index contributed by atoms with van der Waals surface area (Å²) in [5, 5.41) is 16.4. The molecule has 0 saturated heterocycles. The summed E-state index contributed by atoms with van der Waals surface area (Å²) in [6, 6.07) is -0.560. The van der Waals surface area contributed by atoms with E-state index >= 15 is 0 Å². The van der Waals surface area contributed by atoms with Crippen molar-refractivity contribution in [2.75, 3.05) is 0 Å². The number of nitrogens with zero attached hydrogens (tertiary/aromatic N) is 4. The summed E-state index contributed by atoms with van der Waals surface area (Å²) in [6.07, 6.45) is 2.46. The van der Waals surface area contributed by atoms with E-state index < -0.39 is 28.8 Å². The second-order valence-electron chi connectivity index (χ2n) is 3.99. The predicted molar refractivity (Wildman–Crippen MR) is 63.1 cm³/mol. The summed E-state index contributed by atoms with van der Waals surface area (Å²) in [5.74, 6) is -0.939. The van der Waals surface area contributed by atoms with Crippen LogP contribution in [0.1, 0.15) is 29.1 Å². The average molecular weight is 265 g/mol. The Morgan fingerprint density at radius 2 is 2.16 bits per heavy atom. The van der Waals surface area contributed by atoms with Crippen LogP contribution in [0.15, 0.2) is 22.1 Å². The fraction of sp³-hybridized carbons (Fsp3) is 0.300. The number of H-pyrrole nitrogens is 1. The highest BCUT2D eigenvalue weighted by Crippen LogP contribution is 2.11. The van der Waals surface area contributed by atoms with Crippen LogP contribution < -0.4 is 11.2 Å². The standard InChI is InChI=1S/C10H11N5O4/c1-5(7-13-11-4-14(7)2)15-3-6(9(17)18)8(16)12-10(15)19/h3-5H,1-2H3,(H,17,18)(H,12,16,19). The molecule has 1 unspecified atom stereocenters. The van der Waals surface area contributed by atoms with Crippen LogP contribution in [-0.4, -0.2) is 35.4 Å². The summed E-state index contributed by atoms with van der Waals surface area (Å²) < 4.78 is 2.69. The maximum absolute atomic E-state index is 11.7. The highest BCUT2D eigenvalue weighted by atomic mass is 16.4. The Hall–Kier alpha value is -2.71. The lowest BCUT2D eigenvalue weighted by Gasteiger charge is -2.13. The number of carboxylic acids is 1. The van der Waals surface area contributed by atoms with E-state index in [1.807, 2.05) is 4.98 Å². The third kappa shape index (κ3) is 2.17. The van der Waals surface area contributed by atoms with E-state index in [0.717, 1.165) is 10.8 Å². The molecule has 2 rings (SSSR count). The van der Waals surface area contributed by atoms with Gasteiger partial charge in [-0.05, 0) is 6.92 Å². The topological polar surface area (TPSA) is 123 Å². The maximum Gasteiger partial charge on any atom is 0.342 e. The van der Waals surface area contributed by atoms with Crippen LogP contribution in [0.4, 0.5) is 0 Å². The molecule has 0 aliphatic rings. The van der Waals surface area contributed by atoms with E-state index in [-0.39, 0.29) is 0 Å². The number of carboxylic acid groups (broad SMARTS) is 1. The van der Waals surface area contributed by atoms with Crippen LogP contribution >= 0.6 is 0 Å². The van der Waals surface area contributed by atoms with E-state index in [2.05, 4.69) is 10.2 Å². The molecule has 0 aliphatic carbocycles. The lowest BCUT2D eigenvalue weighted by molar-refractivity contribution is 0.0693.